The van der Waals surface area contributed by atoms with Crippen molar-refractivity contribution in [3.63, 3.8) is 0 Å². The Bertz CT molecular complexity index is 468. The van der Waals surface area contributed by atoms with Crippen LogP contribution in [0.3, 0.4) is 0 Å². The SMILES string of the molecule is Nc1cc(Br)cnc1-n1cc(Cl)cn1. The highest BCUT2D eigenvalue weighted by Gasteiger charge is 2.05. The van der Waals surface area contributed by atoms with Crippen molar-refractivity contribution >= 4 is 33.2 Å². The summed E-state index contributed by atoms with van der Waals surface area (Å²) in [6, 6.07) is 1.76. The normalized spacial score (nSPS) is 10.4. The first-order valence-electron chi connectivity index (χ1n) is 3.78. The largest absolute Gasteiger partial charge is 0.396 e. The highest BCUT2D eigenvalue weighted by Crippen LogP contribution is 2.19. The van der Waals surface area contributed by atoms with Crippen LogP contribution in [0.15, 0.2) is 29.1 Å². The zero-order chi connectivity index (χ0) is 10.1. The Morgan fingerprint density at radius 2 is 2.21 bits per heavy atom. The number of anilines is 1. The molecule has 0 fully saturated rings. The van der Waals surface area contributed by atoms with E-state index in [0.29, 0.717) is 16.5 Å². The van der Waals surface area contributed by atoms with Crippen molar-refractivity contribution in [2.24, 2.45) is 0 Å². The molecule has 0 aliphatic heterocycles. The number of nitrogens with two attached hydrogens (primary N) is 1. The maximum atomic E-state index is 5.77. The number of pyridine rings is 1. The minimum atomic E-state index is 0.541. The average Bonchev–Trinajstić information content (AvgIpc) is 2.51. The van der Waals surface area contributed by atoms with Gasteiger partial charge >= 0.3 is 0 Å². The molecule has 0 saturated carbocycles. The Kier molecular flexibility index (Phi) is 2.43. The van der Waals surface area contributed by atoms with Gasteiger partial charge in [0, 0.05) is 10.7 Å². The summed E-state index contributed by atoms with van der Waals surface area (Å²) in [7, 11) is 0. The second-order valence-electron chi connectivity index (χ2n) is 2.67. The van der Waals surface area contributed by atoms with Gasteiger partial charge in [-0.3, -0.25) is 0 Å². The topological polar surface area (TPSA) is 56.7 Å². The van der Waals surface area contributed by atoms with Crippen LogP contribution in [0.1, 0.15) is 0 Å². The molecule has 0 radical (unpaired) electrons. The fourth-order valence-corrected chi connectivity index (χ4v) is 1.54. The van der Waals surface area contributed by atoms with Crippen LogP contribution >= 0.6 is 27.5 Å². The fraction of sp³-hybridized carbons (Fsp3) is 0. The molecule has 2 aromatic rings. The van der Waals surface area contributed by atoms with Gasteiger partial charge in [-0.1, -0.05) is 11.6 Å². The summed E-state index contributed by atoms with van der Waals surface area (Å²) in [6.45, 7) is 0. The summed E-state index contributed by atoms with van der Waals surface area (Å²) in [6.07, 6.45) is 4.83. The zero-order valence-corrected chi connectivity index (χ0v) is 9.33. The summed E-state index contributed by atoms with van der Waals surface area (Å²) >= 11 is 9.01. The highest BCUT2D eigenvalue weighted by molar-refractivity contribution is 9.10. The standard InChI is InChI=1S/C8H6BrClN4/c9-5-1-7(11)8(12-2-5)14-4-6(10)3-13-14/h1-4H,11H2. The Morgan fingerprint density at radius 1 is 1.43 bits per heavy atom. The van der Waals surface area contributed by atoms with Crippen LogP contribution in [0.5, 0.6) is 0 Å². The van der Waals surface area contributed by atoms with E-state index in [0.717, 1.165) is 4.47 Å². The smallest absolute Gasteiger partial charge is 0.176 e. The van der Waals surface area contributed by atoms with Crippen molar-refractivity contribution in [3.05, 3.63) is 34.2 Å². The maximum Gasteiger partial charge on any atom is 0.176 e. The van der Waals surface area contributed by atoms with Crippen molar-refractivity contribution in [3.8, 4) is 5.82 Å². The van der Waals surface area contributed by atoms with Crippen LogP contribution in [0.25, 0.3) is 5.82 Å². The molecule has 72 valence electrons. The molecule has 2 aromatic heterocycles. The van der Waals surface area contributed by atoms with Gasteiger partial charge in [-0.25, -0.2) is 9.67 Å². The molecule has 0 bridgehead atoms. The summed E-state index contributed by atoms with van der Waals surface area (Å²) < 4.78 is 2.36. The molecule has 0 atom stereocenters. The van der Waals surface area contributed by atoms with E-state index in [1.807, 2.05) is 0 Å². The molecule has 0 aromatic carbocycles. The predicted molar refractivity (Wildman–Crippen MR) is 58.5 cm³/mol. The first kappa shape index (κ1) is 9.48. The van der Waals surface area contributed by atoms with E-state index < -0.39 is 0 Å². The zero-order valence-electron chi connectivity index (χ0n) is 6.98. The lowest BCUT2D eigenvalue weighted by molar-refractivity contribution is 0.849. The van der Waals surface area contributed by atoms with Crippen LogP contribution in [-0.2, 0) is 0 Å². The van der Waals surface area contributed by atoms with Gasteiger partial charge in [0.15, 0.2) is 5.82 Å². The van der Waals surface area contributed by atoms with E-state index in [4.69, 9.17) is 17.3 Å². The molecule has 0 spiro atoms. The van der Waals surface area contributed by atoms with E-state index in [1.165, 1.54) is 10.9 Å². The average molecular weight is 274 g/mol. The number of halogens is 2. The highest BCUT2D eigenvalue weighted by atomic mass is 79.9. The van der Waals surface area contributed by atoms with E-state index >= 15 is 0 Å². The molecule has 0 aliphatic carbocycles. The van der Waals surface area contributed by atoms with Gasteiger partial charge in [-0.2, -0.15) is 5.10 Å². The van der Waals surface area contributed by atoms with Crippen molar-refractivity contribution in [2.75, 3.05) is 5.73 Å². The Balaban J connectivity index is 2.52. The van der Waals surface area contributed by atoms with Crippen LogP contribution < -0.4 is 5.73 Å². The molecule has 2 N–H and O–H groups in total. The number of nitrogen functional groups attached to an aromatic ring is 1. The van der Waals surface area contributed by atoms with Crippen LogP contribution in [0.4, 0.5) is 5.69 Å². The van der Waals surface area contributed by atoms with Gasteiger partial charge in [0.25, 0.3) is 0 Å². The monoisotopic (exact) mass is 272 g/mol. The third-order valence-corrected chi connectivity index (χ3v) is 2.26. The van der Waals surface area contributed by atoms with E-state index in [-0.39, 0.29) is 0 Å². The van der Waals surface area contributed by atoms with Gasteiger partial charge in [0.05, 0.1) is 23.1 Å². The quantitative estimate of drug-likeness (QED) is 0.867. The predicted octanol–water partition coefficient (Wildman–Crippen LogP) is 2.27. The second-order valence-corrected chi connectivity index (χ2v) is 4.02. The number of hydrogen-bond donors (Lipinski definition) is 1. The van der Waals surface area contributed by atoms with E-state index in [1.54, 1.807) is 18.5 Å². The molecular formula is C8H6BrClN4. The van der Waals surface area contributed by atoms with Crippen LogP contribution in [0, 0.1) is 0 Å². The van der Waals surface area contributed by atoms with Crippen molar-refractivity contribution < 1.29 is 0 Å². The lowest BCUT2D eigenvalue weighted by Gasteiger charge is -2.03. The van der Waals surface area contributed by atoms with Crippen molar-refractivity contribution in [1.82, 2.24) is 14.8 Å². The lowest BCUT2D eigenvalue weighted by atomic mass is 10.4. The molecule has 0 saturated heterocycles. The molecular weight excluding hydrogens is 267 g/mol. The van der Waals surface area contributed by atoms with Crippen LogP contribution in [0.2, 0.25) is 5.02 Å². The molecule has 0 aliphatic rings. The molecule has 0 amide bonds. The summed E-state index contributed by atoms with van der Waals surface area (Å²) in [5.41, 5.74) is 6.31. The molecule has 2 heterocycles. The minimum absolute atomic E-state index is 0.541. The van der Waals surface area contributed by atoms with E-state index in [2.05, 4.69) is 26.0 Å². The third kappa shape index (κ3) is 1.73. The molecule has 14 heavy (non-hydrogen) atoms. The summed E-state index contributed by atoms with van der Waals surface area (Å²) in [5, 5.41) is 4.55. The van der Waals surface area contributed by atoms with Crippen molar-refractivity contribution in [1.29, 1.82) is 0 Å². The fourth-order valence-electron chi connectivity index (χ4n) is 1.06. The van der Waals surface area contributed by atoms with E-state index in [9.17, 15) is 0 Å². The second kappa shape index (κ2) is 3.59. The number of hydrogen-bond acceptors (Lipinski definition) is 3. The molecule has 0 unspecified atom stereocenters. The number of aromatic nitrogens is 3. The molecule has 6 heteroatoms. The Labute approximate surface area is 93.8 Å². The van der Waals surface area contributed by atoms with Gasteiger partial charge < -0.3 is 5.73 Å². The van der Waals surface area contributed by atoms with Gasteiger partial charge in [0.1, 0.15) is 0 Å². The maximum absolute atomic E-state index is 5.77. The first-order valence-corrected chi connectivity index (χ1v) is 4.95. The Morgan fingerprint density at radius 3 is 2.79 bits per heavy atom. The van der Waals surface area contributed by atoms with Gasteiger partial charge in [-0.15, -0.1) is 0 Å². The molecule has 4 nitrogen and oxygen atoms in total. The van der Waals surface area contributed by atoms with Gasteiger partial charge in [-0.05, 0) is 22.0 Å². The van der Waals surface area contributed by atoms with Crippen molar-refractivity contribution in [2.45, 2.75) is 0 Å². The minimum Gasteiger partial charge on any atom is -0.396 e. The number of rotatable bonds is 1. The lowest BCUT2D eigenvalue weighted by Crippen LogP contribution is -2.02. The summed E-state index contributed by atoms with van der Waals surface area (Å²) in [5.74, 6) is 0.570. The molecule has 2 rings (SSSR count). The first-order chi connectivity index (χ1) is 6.66. The summed E-state index contributed by atoms with van der Waals surface area (Å²) in [4.78, 5) is 4.13. The third-order valence-electron chi connectivity index (χ3n) is 1.63. The number of nitrogens with zero attached hydrogens (tertiary/aromatic N) is 3. The van der Waals surface area contributed by atoms with Gasteiger partial charge in [0.2, 0.25) is 0 Å². The van der Waals surface area contributed by atoms with Crippen LogP contribution in [-0.4, -0.2) is 14.8 Å². The Hall–Kier alpha value is -1.07.